The normalized spacial score (nSPS) is 23.9. The number of hydrogen-bond donors (Lipinski definition) is 0. The van der Waals surface area contributed by atoms with Crippen molar-refractivity contribution in [3.63, 3.8) is 0 Å². The van der Waals surface area contributed by atoms with Gasteiger partial charge < -0.3 is 0 Å². The zero-order chi connectivity index (χ0) is 46.4. The van der Waals surface area contributed by atoms with Gasteiger partial charge in [0.2, 0.25) is 0 Å². The van der Waals surface area contributed by atoms with Crippen LogP contribution in [0.15, 0.2) is 104 Å². The van der Waals surface area contributed by atoms with Gasteiger partial charge in [-0.15, -0.1) is 0 Å². The zero-order valence-corrected chi connectivity index (χ0v) is 42.1. The van der Waals surface area contributed by atoms with Crippen LogP contribution >= 0.6 is 0 Å². The average molecular weight is 889 g/mol. The lowest BCUT2D eigenvalue weighted by atomic mass is 9.73. The SMILES string of the molecule is C=C(CC1CCC(C(=C)Cc2ccc(C3CCC(CC(=C)c4ccc(CC5CCCCC5)cc4)CC3)c3c(=C)c4ccc(C)cc4c(=C)c23)CC1)c1ccc(CC2CCC(CCC)CC2)cc1. The Bertz CT molecular complexity index is 2600. The molecule has 0 N–H and O–H groups in total. The van der Waals surface area contributed by atoms with E-state index in [1.165, 1.54) is 222 Å². The summed E-state index contributed by atoms with van der Waals surface area (Å²) in [5.74, 6) is 5.23. The summed E-state index contributed by atoms with van der Waals surface area (Å²) in [5.41, 5.74) is 13.9. The summed E-state index contributed by atoms with van der Waals surface area (Å²) < 4.78 is 0. The average Bonchev–Trinajstić information content (AvgIpc) is 3.35. The second-order valence-electron chi connectivity index (χ2n) is 22.9. The molecule has 352 valence electrons. The lowest BCUT2D eigenvalue weighted by Crippen LogP contribution is -2.21. The molecule has 0 heterocycles. The van der Waals surface area contributed by atoms with Gasteiger partial charge in [-0.25, -0.2) is 0 Å². The fourth-order valence-electron chi connectivity index (χ4n) is 14.0. The molecule has 0 radical (unpaired) electrons. The third kappa shape index (κ3) is 11.4. The number of fused-ring (bicyclic) bond motifs is 2. The van der Waals surface area contributed by atoms with E-state index in [-0.39, 0.29) is 0 Å². The largest absolute Gasteiger partial charge is 0.0992 e. The van der Waals surface area contributed by atoms with E-state index < -0.39 is 0 Å². The minimum Gasteiger partial charge on any atom is -0.0992 e. The van der Waals surface area contributed by atoms with Crippen molar-refractivity contribution in [2.45, 2.75) is 174 Å². The Kier molecular flexibility index (Phi) is 15.6. The van der Waals surface area contributed by atoms with Gasteiger partial charge in [0.25, 0.3) is 0 Å². The van der Waals surface area contributed by atoms with Crippen LogP contribution in [0.25, 0.3) is 45.8 Å². The van der Waals surface area contributed by atoms with E-state index in [0.29, 0.717) is 23.7 Å². The minimum absolute atomic E-state index is 0.536. The van der Waals surface area contributed by atoms with E-state index in [1.54, 1.807) is 0 Å². The Labute approximate surface area is 406 Å². The molecule has 0 aliphatic heterocycles. The summed E-state index contributed by atoms with van der Waals surface area (Å²) in [7, 11) is 0. The number of hydrogen-bond acceptors (Lipinski definition) is 0. The molecule has 0 bridgehead atoms. The van der Waals surface area contributed by atoms with Crippen LogP contribution in [-0.2, 0) is 19.3 Å². The summed E-state index contributed by atoms with van der Waals surface area (Å²) in [6.07, 6.45) is 31.1. The van der Waals surface area contributed by atoms with Gasteiger partial charge in [-0.1, -0.05) is 188 Å². The smallest absolute Gasteiger partial charge is 0.00606 e. The second-order valence-corrected chi connectivity index (χ2v) is 22.9. The van der Waals surface area contributed by atoms with Crippen LogP contribution in [0.3, 0.4) is 0 Å². The second kappa shape index (κ2) is 21.9. The van der Waals surface area contributed by atoms with Crippen molar-refractivity contribution in [2.75, 3.05) is 0 Å². The van der Waals surface area contributed by atoms with Crippen LogP contribution in [0.5, 0.6) is 0 Å². The Morgan fingerprint density at radius 2 is 1.03 bits per heavy atom. The van der Waals surface area contributed by atoms with Crippen molar-refractivity contribution in [1.29, 1.82) is 0 Å². The van der Waals surface area contributed by atoms with Gasteiger partial charge in [0.15, 0.2) is 0 Å². The highest BCUT2D eigenvalue weighted by molar-refractivity contribution is 6.03. The highest BCUT2D eigenvalue weighted by Crippen LogP contribution is 2.43. The summed E-state index contributed by atoms with van der Waals surface area (Å²) in [4.78, 5) is 0. The van der Waals surface area contributed by atoms with E-state index in [2.05, 4.69) is 106 Å². The fraction of sp³-hybridized carbons (Fsp3) is 0.493. The number of benzene rings is 5. The standard InChI is InChI=1S/C67H84/c1-8-12-51-16-18-55(19-17-51)44-57-24-32-59(33-25-57)46(3)40-53-20-28-60(29-21-53)48(5)42-62-36-38-64(67-49(6)63-37-15-45(2)39-65(63)50(7)66(62)67)61-34-26-54(27-35-61)41-47(4)58-30-22-56(23-31-58)43-52-13-10-9-11-14-52/h15,22-25,30-33,36-39,51-55,60-61H,3-14,16-21,26-29,34-35,40-44H2,1-2H3. The first-order chi connectivity index (χ1) is 32.6. The van der Waals surface area contributed by atoms with Gasteiger partial charge in [-0.2, -0.15) is 0 Å². The van der Waals surface area contributed by atoms with Gasteiger partial charge in [0.1, 0.15) is 0 Å². The summed E-state index contributed by atoms with van der Waals surface area (Å²) >= 11 is 0. The predicted molar refractivity (Wildman–Crippen MR) is 294 cm³/mol. The molecule has 9 rings (SSSR count). The Morgan fingerprint density at radius 3 is 1.61 bits per heavy atom. The summed E-state index contributed by atoms with van der Waals surface area (Å²) in [6, 6.07) is 30.8. The van der Waals surface area contributed by atoms with Crippen LogP contribution in [0, 0.1) is 42.4 Å². The molecule has 5 aromatic rings. The van der Waals surface area contributed by atoms with Crippen molar-refractivity contribution < 1.29 is 0 Å². The van der Waals surface area contributed by atoms with Crippen LogP contribution in [0.1, 0.15) is 187 Å². The molecule has 4 aliphatic rings. The van der Waals surface area contributed by atoms with Crippen molar-refractivity contribution in [3.05, 3.63) is 154 Å². The molecule has 0 heteroatoms. The number of rotatable bonds is 16. The Morgan fingerprint density at radius 1 is 0.507 bits per heavy atom. The minimum atomic E-state index is 0.536. The molecular weight excluding hydrogens is 805 g/mol. The third-order valence-corrected chi connectivity index (χ3v) is 18.1. The van der Waals surface area contributed by atoms with E-state index in [4.69, 9.17) is 19.7 Å². The van der Waals surface area contributed by atoms with Gasteiger partial charge in [-0.05, 0) is 221 Å². The number of allylic oxidation sites excluding steroid dienone is 3. The Hall–Kier alpha value is -4.42. The molecule has 0 aromatic heterocycles. The van der Waals surface area contributed by atoms with Crippen molar-refractivity contribution in [1.82, 2.24) is 0 Å². The molecule has 0 atom stereocenters. The van der Waals surface area contributed by atoms with Gasteiger partial charge in [-0.3, -0.25) is 0 Å². The molecule has 5 aromatic carbocycles. The fourth-order valence-corrected chi connectivity index (χ4v) is 14.0. The lowest BCUT2D eigenvalue weighted by molar-refractivity contribution is 0.261. The molecule has 4 fully saturated rings. The van der Waals surface area contributed by atoms with E-state index in [9.17, 15) is 0 Å². The first kappa shape index (κ1) is 47.6. The monoisotopic (exact) mass is 889 g/mol. The molecule has 0 spiro atoms. The van der Waals surface area contributed by atoms with Crippen molar-refractivity contribution in [2.24, 2.45) is 35.5 Å². The third-order valence-electron chi connectivity index (χ3n) is 18.1. The quantitative estimate of drug-likeness (QED) is 0.0684. The highest BCUT2D eigenvalue weighted by atomic mass is 14.3. The molecular formula is C67H84. The highest BCUT2D eigenvalue weighted by Gasteiger charge is 2.28. The zero-order valence-electron chi connectivity index (χ0n) is 42.1. The molecule has 0 unspecified atom stereocenters. The van der Waals surface area contributed by atoms with Gasteiger partial charge in [0.05, 0.1) is 0 Å². The van der Waals surface area contributed by atoms with Crippen LogP contribution in [-0.4, -0.2) is 0 Å². The van der Waals surface area contributed by atoms with E-state index >= 15 is 0 Å². The van der Waals surface area contributed by atoms with Gasteiger partial charge >= 0.3 is 0 Å². The van der Waals surface area contributed by atoms with Gasteiger partial charge in [0, 0.05) is 0 Å². The topological polar surface area (TPSA) is 0 Å². The van der Waals surface area contributed by atoms with E-state index in [1.807, 2.05) is 0 Å². The van der Waals surface area contributed by atoms with Crippen molar-refractivity contribution in [3.8, 4) is 0 Å². The molecule has 0 nitrogen and oxygen atoms in total. The summed E-state index contributed by atoms with van der Waals surface area (Å²) in [6.45, 7) is 28.3. The van der Waals surface area contributed by atoms with E-state index in [0.717, 1.165) is 37.0 Å². The molecule has 67 heavy (non-hydrogen) atoms. The first-order valence-corrected chi connectivity index (χ1v) is 27.5. The number of aryl methyl sites for hydroxylation is 1. The van der Waals surface area contributed by atoms with Crippen LogP contribution in [0.4, 0.5) is 0 Å². The van der Waals surface area contributed by atoms with Crippen LogP contribution in [0.2, 0.25) is 0 Å². The molecule has 0 saturated heterocycles. The maximum absolute atomic E-state index is 4.86. The molecule has 0 amide bonds. The van der Waals surface area contributed by atoms with Crippen molar-refractivity contribution >= 4 is 45.8 Å². The predicted octanol–water partition coefficient (Wildman–Crippen LogP) is 17.8. The first-order valence-electron chi connectivity index (χ1n) is 27.5. The Balaban J connectivity index is 0.820. The maximum atomic E-state index is 4.86. The summed E-state index contributed by atoms with van der Waals surface area (Å²) in [5, 5.41) is 7.58. The molecule has 4 aliphatic carbocycles. The lowest BCUT2D eigenvalue weighted by Gasteiger charge is -2.32. The van der Waals surface area contributed by atoms with Crippen LogP contribution < -0.4 is 10.4 Å². The maximum Gasteiger partial charge on any atom is -0.00606 e. The molecule has 4 saturated carbocycles.